The average Bonchev–Trinajstić information content (AvgIpc) is 2.22. The zero-order valence-corrected chi connectivity index (χ0v) is 9.25. The summed E-state index contributed by atoms with van der Waals surface area (Å²) in [6, 6.07) is 0. The number of hydrogen-bond donors (Lipinski definition) is 0. The smallest absolute Gasteiger partial charge is 0.0167 e. The molecular formula is C14H23. The summed E-state index contributed by atoms with van der Waals surface area (Å²) in [6.45, 7) is 0. The maximum absolute atomic E-state index is 2.29. The van der Waals surface area contributed by atoms with Crippen molar-refractivity contribution in [2.24, 2.45) is 0 Å². The maximum atomic E-state index is 2.29. The lowest BCUT2D eigenvalue weighted by molar-refractivity contribution is 0.581. The zero-order valence-electron chi connectivity index (χ0n) is 9.25. The second kappa shape index (κ2) is 9.05. The van der Waals surface area contributed by atoms with Crippen molar-refractivity contribution in [3.8, 4) is 0 Å². The fourth-order valence-corrected chi connectivity index (χ4v) is 1.82. The predicted octanol–water partition coefficient (Wildman–Crippen LogP) is 4.83. The van der Waals surface area contributed by atoms with Gasteiger partial charge >= 0.3 is 0 Å². The predicted molar refractivity (Wildman–Crippen MR) is 64.1 cm³/mol. The number of allylic oxidation sites excluding steroid dienone is 4. The summed E-state index contributed by atoms with van der Waals surface area (Å²) in [4.78, 5) is 0. The van der Waals surface area contributed by atoms with E-state index in [1.165, 1.54) is 57.8 Å². The van der Waals surface area contributed by atoms with E-state index in [9.17, 15) is 0 Å². The van der Waals surface area contributed by atoms with Crippen LogP contribution >= 0.6 is 0 Å². The number of rotatable bonds is 0. The minimum Gasteiger partial charge on any atom is -0.0845 e. The van der Waals surface area contributed by atoms with Crippen LogP contribution in [0.3, 0.4) is 0 Å². The first kappa shape index (κ1) is 11.6. The second-order valence-electron chi connectivity index (χ2n) is 4.10. The van der Waals surface area contributed by atoms with Crippen LogP contribution in [-0.4, -0.2) is 0 Å². The Hall–Kier alpha value is -0.520. The van der Waals surface area contributed by atoms with Crippen LogP contribution in [0.2, 0.25) is 0 Å². The van der Waals surface area contributed by atoms with Gasteiger partial charge in [0.1, 0.15) is 0 Å². The Bertz CT molecular complexity index is 145. The van der Waals surface area contributed by atoms with Gasteiger partial charge in [-0.05, 0) is 25.7 Å². The van der Waals surface area contributed by atoms with Crippen molar-refractivity contribution >= 4 is 0 Å². The standard InChI is InChI=1S/C14H23/c1-2-4-6-8-10-12-14-13-11-9-7-5-3-1/h1-5H,6-14H2/b2-1+,5-3+. The van der Waals surface area contributed by atoms with Crippen LogP contribution in [0.4, 0.5) is 0 Å². The maximum Gasteiger partial charge on any atom is -0.0167 e. The van der Waals surface area contributed by atoms with Crippen molar-refractivity contribution in [1.82, 2.24) is 0 Å². The van der Waals surface area contributed by atoms with E-state index in [0.29, 0.717) is 0 Å². The van der Waals surface area contributed by atoms with Gasteiger partial charge < -0.3 is 0 Å². The summed E-state index contributed by atoms with van der Waals surface area (Å²) in [6.07, 6.45) is 23.5. The molecule has 14 heavy (non-hydrogen) atoms. The van der Waals surface area contributed by atoms with Crippen LogP contribution < -0.4 is 0 Å². The van der Waals surface area contributed by atoms with Gasteiger partial charge in [0.25, 0.3) is 0 Å². The Labute approximate surface area is 89.1 Å². The van der Waals surface area contributed by atoms with Gasteiger partial charge in [0.15, 0.2) is 0 Å². The Morgan fingerprint density at radius 2 is 1.14 bits per heavy atom. The monoisotopic (exact) mass is 191 g/mol. The first-order valence-electron chi connectivity index (χ1n) is 6.15. The van der Waals surface area contributed by atoms with E-state index in [1.54, 1.807) is 0 Å². The molecule has 0 saturated carbocycles. The molecule has 79 valence electrons. The van der Waals surface area contributed by atoms with Crippen LogP contribution in [0.1, 0.15) is 57.8 Å². The molecule has 0 heterocycles. The lowest BCUT2D eigenvalue weighted by atomic mass is 10.1. The van der Waals surface area contributed by atoms with Crippen molar-refractivity contribution in [2.75, 3.05) is 0 Å². The highest BCUT2D eigenvalue weighted by molar-refractivity contribution is 5.07. The van der Waals surface area contributed by atoms with Crippen LogP contribution in [0.25, 0.3) is 0 Å². The van der Waals surface area contributed by atoms with Crippen molar-refractivity contribution in [3.05, 3.63) is 30.7 Å². The summed E-state index contributed by atoms with van der Waals surface area (Å²) < 4.78 is 0. The van der Waals surface area contributed by atoms with Crippen molar-refractivity contribution in [2.45, 2.75) is 57.8 Å². The molecular weight excluding hydrogens is 168 g/mol. The molecule has 0 saturated heterocycles. The zero-order chi connectivity index (χ0) is 9.90. The molecule has 0 nitrogen and oxygen atoms in total. The van der Waals surface area contributed by atoms with Gasteiger partial charge in [-0.15, -0.1) is 0 Å². The Morgan fingerprint density at radius 1 is 0.500 bits per heavy atom. The molecule has 0 bridgehead atoms. The first-order chi connectivity index (χ1) is 7.00. The van der Waals surface area contributed by atoms with Crippen LogP contribution in [0.15, 0.2) is 24.3 Å². The lowest BCUT2D eigenvalue weighted by Crippen LogP contribution is -1.81. The highest BCUT2D eigenvalue weighted by Crippen LogP contribution is 2.11. The van der Waals surface area contributed by atoms with E-state index < -0.39 is 0 Å². The molecule has 0 spiro atoms. The molecule has 0 aromatic heterocycles. The summed E-state index contributed by atoms with van der Waals surface area (Å²) in [5.41, 5.74) is 0. The van der Waals surface area contributed by atoms with Gasteiger partial charge in [0, 0.05) is 0 Å². The van der Waals surface area contributed by atoms with Crippen LogP contribution in [0, 0.1) is 6.42 Å². The molecule has 0 fully saturated rings. The van der Waals surface area contributed by atoms with Crippen LogP contribution in [-0.2, 0) is 0 Å². The second-order valence-corrected chi connectivity index (χ2v) is 4.10. The minimum atomic E-state index is 1.25. The van der Waals surface area contributed by atoms with Crippen molar-refractivity contribution in [1.29, 1.82) is 0 Å². The van der Waals surface area contributed by atoms with E-state index in [4.69, 9.17) is 0 Å². The van der Waals surface area contributed by atoms with Crippen LogP contribution in [0.5, 0.6) is 0 Å². The average molecular weight is 191 g/mol. The SMILES string of the molecule is [CH]1/C=C/C=C/CCCCCCCCC1. The van der Waals surface area contributed by atoms with Crippen molar-refractivity contribution < 1.29 is 0 Å². The summed E-state index contributed by atoms with van der Waals surface area (Å²) in [5, 5.41) is 0. The largest absolute Gasteiger partial charge is 0.0845 e. The van der Waals surface area contributed by atoms with Gasteiger partial charge in [-0.2, -0.15) is 0 Å². The molecule has 0 aromatic rings. The molecule has 0 atom stereocenters. The molecule has 0 heteroatoms. The fraction of sp³-hybridized carbons (Fsp3) is 0.643. The topological polar surface area (TPSA) is 0 Å². The minimum absolute atomic E-state index is 1.25. The highest BCUT2D eigenvalue weighted by Gasteiger charge is 1.91. The molecule has 1 aliphatic carbocycles. The normalized spacial score (nSPS) is 26.3. The van der Waals surface area contributed by atoms with Gasteiger partial charge in [0.05, 0.1) is 0 Å². The summed E-state index contributed by atoms with van der Waals surface area (Å²) in [5.74, 6) is 0. The Balaban J connectivity index is 2.17. The molecule has 1 radical (unpaired) electrons. The van der Waals surface area contributed by atoms with Crippen molar-refractivity contribution in [3.63, 3.8) is 0 Å². The molecule has 0 N–H and O–H groups in total. The third-order valence-corrected chi connectivity index (χ3v) is 2.74. The molecule has 0 aromatic carbocycles. The van der Waals surface area contributed by atoms with E-state index in [-0.39, 0.29) is 0 Å². The van der Waals surface area contributed by atoms with E-state index in [0.717, 1.165) is 0 Å². The number of hydrogen-bond acceptors (Lipinski definition) is 0. The van der Waals surface area contributed by atoms with Gasteiger partial charge in [-0.3, -0.25) is 0 Å². The fourth-order valence-electron chi connectivity index (χ4n) is 1.82. The van der Waals surface area contributed by atoms with Gasteiger partial charge in [0.2, 0.25) is 0 Å². The Morgan fingerprint density at radius 3 is 1.93 bits per heavy atom. The summed E-state index contributed by atoms with van der Waals surface area (Å²) in [7, 11) is 0. The quantitative estimate of drug-likeness (QED) is 0.514. The van der Waals surface area contributed by atoms with E-state index in [2.05, 4.69) is 30.7 Å². The third-order valence-electron chi connectivity index (χ3n) is 2.74. The van der Waals surface area contributed by atoms with Gasteiger partial charge in [-0.25, -0.2) is 0 Å². The molecule has 0 unspecified atom stereocenters. The molecule has 0 aliphatic heterocycles. The van der Waals surface area contributed by atoms with Gasteiger partial charge in [-0.1, -0.05) is 62.8 Å². The van der Waals surface area contributed by atoms with E-state index in [1.807, 2.05) is 0 Å². The van der Waals surface area contributed by atoms with E-state index >= 15 is 0 Å². The third kappa shape index (κ3) is 6.94. The summed E-state index contributed by atoms with van der Waals surface area (Å²) >= 11 is 0. The Kier molecular flexibility index (Phi) is 7.47. The molecule has 0 amide bonds. The lowest BCUT2D eigenvalue weighted by Gasteiger charge is -2.01. The highest BCUT2D eigenvalue weighted by atomic mass is 14.0. The molecule has 1 aliphatic rings. The first-order valence-corrected chi connectivity index (χ1v) is 6.15. The molecule has 1 rings (SSSR count).